The summed E-state index contributed by atoms with van der Waals surface area (Å²) in [6.07, 6.45) is 2.94. The Morgan fingerprint density at radius 1 is 1.10 bits per heavy atom. The maximum atomic E-state index is 14.5. The van der Waals surface area contributed by atoms with Crippen LogP contribution in [0.1, 0.15) is 0 Å². The van der Waals surface area contributed by atoms with Crippen molar-refractivity contribution in [3.63, 3.8) is 0 Å². The van der Waals surface area contributed by atoms with Crippen molar-refractivity contribution >= 4 is 34.3 Å². The Kier molecular flexibility index (Phi) is 5.05. The van der Waals surface area contributed by atoms with Gasteiger partial charge in [0.25, 0.3) is 0 Å². The summed E-state index contributed by atoms with van der Waals surface area (Å²) in [5.74, 6) is -1.07. The fraction of sp³-hybridized carbons (Fsp3) is 0.0476. The Morgan fingerprint density at radius 2 is 1.97 bits per heavy atom. The van der Waals surface area contributed by atoms with E-state index in [2.05, 4.69) is 20.3 Å². The van der Waals surface area contributed by atoms with Gasteiger partial charge < -0.3 is 10.4 Å². The van der Waals surface area contributed by atoms with Gasteiger partial charge >= 0.3 is 5.97 Å². The third-order valence-electron chi connectivity index (χ3n) is 4.36. The summed E-state index contributed by atoms with van der Waals surface area (Å²) in [6.45, 7) is -0.278. The van der Waals surface area contributed by atoms with Crippen molar-refractivity contribution in [2.45, 2.75) is 0 Å². The highest BCUT2D eigenvalue weighted by Crippen LogP contribution is 2.37. The minimum Gasteiger partial charge on any atom is -0.480 e. The molecule has 0 unspecified atom stereocenters. The SMILES string of the molecule is O=C(O)CNc1ncnc2ccc(-c3cccnc3-c3c(F)cccc3Cl)cc12. The van der Waals surface area contributed by atoms with Crippen LogP contribution in [0, 0.1) is 5.82 Å². The number of hydrogen-bond donors (Lipinski definition) is 2. The lowest BCUT2D eigenvalue weighted by Gasteiger charge is -2.13. The second kappa shape index (κ2) is 7.81. The zero-order chi connectivity index (χ0) is 20.4. The number of halogens is 2. The van der Waals surface area contributed by atoms with Gasteiger partial charge in [0.15, 0.2) is 0 Å². The van der Waals surface area contributed by atoms with E-state index in [9.17, 15) is 9.18 Å². The first kappa shape index (κ1) is 18.8. The Bertz CT molecular complexity index is 1210. The molecule has 0 atom stereocenters. The van der Waals surface area contributed by atoms with Crippen molar-refractivity contribution in [2.75, 3.05) is 11.9 Å². The highest BCUT2D eigenvalue weighted by Gasteiger charge is 2.17. The van der Waals surface area contributed by atoms with Crippen LogP contribution in [-0.2, 0) is 4.79 Å². The minimum atomic E-state index is -1.00. The molecule has 0 saturated heterocycles. The van der Waals surface area contributed by atoms with E-state index in [0.29, 0.717) is 28.0 Å². The largest absolute Gasteiger partial charge is 0.480 e. The number of carbonyl (C=O) groups is 1. The number of aliphatic carboxylic acids is 1. The third kappa shape index (κ3) is 3.72. The van der Waals surface area contributed by atoms with E-state index in [-0.39, 0.29) is 17.1 Å². The van der Waals surface area contributed by atoms with E-state index in [1.165, 1.54) is 18.5 Å². The number of anilines is 1. The van der Waals surface area contributed by atoms with Gasteiger partial charge in [-0.2, -0.15) is 0 Å². The fourth-order valence-corrected chi connectivity index (χ4v) is 3.34. The molecule has 144 valence electrons. The van der Waals surface area contributed by atoms with Crippen molar-refractivity contribution in [3.8, 4) is 22.4 Å². The van der Waals surface area contributed by atoms with E-state index < -0.39 is 11.8 Å². The van der Waals surface area contributed by atoms with Gasteiger partial charge in [-0.05, 0) is 35.9 Å². The topological polar surface area (TPSA) is 88.0 Å². The Balaban J connectivity index is 1.88. The average molecular weight is 409 g/mol. The highest BCUT2D eigenvalue weighted by atomic mass is 35.5. The smallest absolute Gasteiger partial charge is 0.322 e. The number of fused-ring (bicyclic) bond motifs is 1. The summed E-state index contributed by atoms with van der Waals surface area (Å²) in [5.41, 5.74) is 2.69. The number of benzene rings is 2. The highest BCUT2D eigenvalue weighted by molar-refractivity contribution is 6.33. The second-order valence-corrected chi connectivity index (χ2v) is 6.60. The van der Waals surface area contributed by atoms with Crippen LogP contribution in [0.3, 0.4) is 0 Å². The summed E-state index contributed by atoms with van der Waals surface area (Å²) in [7, 11) is 0. The predicted molar refractivity (Wildman–Crippen MR) is 109 cm³/mol. The van der Waals surface area contributed by atoms with Gasteiger partial charge in [0.1, 0.15) is 24.5 Å². The van der Waals surface area contributed by atoms with Gasteiger partial charge in [-0.3, -0.25) is 9.78 Å². The first-order valence-electron chi connectivity index (χ1n) is 8.65. The Morgan fingerprint density at radius 3 is 2.76 bits per heavy atom. The summed E-state index contributed by atoms with van der Waals surface area (Å²) >= 11 is 6.25. The molecule has 0 spiro atoms. The summed E-state index contributed by atoms with van der Waals surface area (Å²) < 4.78 is 14.5. The normalized spacial score (nSPS) is 10.8. The molecular formula is C21H14ClFN4O2. The van der Waals surface area contributed by atoms with Crippen molar-refractivity contribution in [2.24, 2.45) is 0 Å². The minimum absolute atomic E-state index is 0.221. The van der Waals surface area contributed by atoms with Gasteiger partial charge in [0.2, 0.25) is 0 Å². The van der Waals surface area contributed by atoms with Gasteiger partial charge in [0.05, 0.1) is 21.8 Å². The van der Waals surface area contributed by atoms with E-state index in [1.807, 2.05) is 18.2 Å². The second-order valence-electron chi connectivity index (χ2n) is 6.20. The van der Waals surface area contributed by atoms with Gasteiger partial charge in [-0.25, -0.2) is 14.4 Å². The summed E-state index contributed by atoms with van der Waals surface area (Å²) in [6, 6.07) is 13.5. The predicted octanol–water partition coefficient (Wildman–Crippen LogP) is 4.65. The molecule has 2 aromatic heterocycles. The third-order valence-corrected chi connectivity index (χ3v) is 4.68. The lowest BCUT2D eigenvalue weighted by atomic mass is 9.98. The molecule has 2 heterocycles. The van der Waals surface area contributed by atoms with Gasteiger partial charge in [-0.1, -0.05) is 29.8 Å². The van der Waals surface area contributed by atoms with Crippen molar-refractivity contribution in [3.05, 3.63) is 71.9 Å². The number of nitrogens with one attached hydrogen (secondary N) is 1. The number of carboxylic acid groups (broad SMARTS) is 1. The monoisotopic (exact) mass is 408 g/mol. The van der Waals surface area contributed by atoms with E-state index in [0.717, 1.165) is 5.56 Å². The molecule has 0 aliphatic heterocycles. The van der Waals surface area contributed by atoms with E-state index in [1.54, 1.807) is 24.4 Å². The standard InChI is InChI=1S/C21H14ClFN4O2/c22-15-4-1-5-16(23)19(15)20-13(3-2-8-24-20)12-6-7-17-14(9-12)21(27-11-26-17)25-10-18(28)29/h1-9,11H,10H2,(H,28,29)(H,25,26,27). The van der Waals surface area contributed by atoms with Crippen LogP contribution in [-0.4, -0.2) is 32.6 Å². The molecule has 4 rings (SSSR count). The van der Waals surface area contributed by atoms with Crippen LogP contribution >= 0.6 is 11.6 Å². The molecule has 0 saturated carbocycles. The van der Waals surface area contributed by atoms with Gasteiger partial charge in [-0.15, -0.1) is 0 Å². The quantitative estimate of drug-likeness (QED) is 0.500. The maximum Gasteiger partial charge on any atom is 0.322 e. The van der Waals surface area contributed by atoms with Crippen LogP contribution < -0.4 is 5.32 Å². The molecule has 2 aromatic carbocycles. The average Bonchev–Trinajstić information content (AvgIpc) is 2.72. The van der Waals surface area contributed by atoms with Gasteiger partial charge in [0, 0.05) is 17.1 Å². The molecular weight excluding hydrogens is 395 g/mol. The Labute approximate surface area is 170 Å². The molecule has 0 fully saturated rings. The van der Waals surface area contributed by atoms with Crippen LogP contribution in [0.25, 0.3) is 33.3 Å². The molecule has 29 heavy (non-hydrogen) atoms. The lowest BCUT2D eigenvalue weighted by Crippen LogP contribution is -2.13. The number of nitrogens with zero attached hydrogens (tertiary/aromatic N) is 3. The molecule has 8 heteroatoms. The fourth-order valence-electron chi connectivity index (χ4n) is 3.09. The van der Waals surface area contributed by atoms with E-state index >= 15 is 0 Å². The molecule has 6 nitrogen and oxygen atoms in total. The van der Waals surface area contributed by atoms with Crippen LogP contribution in [0.5, 0.6) is 0 Å². The van der Waals surface area contributed by atoms with Crippen molar-refractivity contribution in [1.29, 1.82) is 0 Å². The maximum absolute atomic E-state index is 14.5. The summed E-state index contributed by atoms with van der Waals surface area (Å²) in [5, 5.41) is 12.6. The zero-order valence-corrected chi connectivity index (χ0v) is 15.7. The van der Waals surface area contributed by atoms with Crippen molar-refractivity contribution < 1.29 is 14.3 Å². The van der Waals surface area contributed by atoms with Crippen LogP contribution in [0.15, 0.2) is 61.1 Å². The molecule has 0 aliphatic carbocycles. The Hall–Kier alpha value is -3.58. The lowest BCUT2D eigenvalue weighted by molar-refractivity contribution is -0.134. The van der Waals surface area contributed by atoms with Crippen molar-refractivity contribution in [1.82, 2.24) is 15.0 Å². The molecule has 0 aliphatic rings. The molecule has 0 bridgehead atoms. The number of aromatic nitrogens is 3. The number of carboxylic acids is 1. The van der Waals surface area contributed by atoms with Crippen LogP contribution in [0.4, 0.5) is 10.2 Å². The first-order chi connectivity index (χ1) is 14.0. The van der Waals surface area contributed by atoms with Crippen LogP contribution in [0.2, 0.25) is 5.02 Å². The zero-order valence-electron chi connectivity index (χ0n) is 14.9. The molecule has 2 N–H and O–H groups in total. The van der Waals surface area contributed by atoms with E-state index in [4.69, 9.17) is 16.7 Å². The molecule has 0 amide bonds. The molecule has 4 aromatic rings. The number of rotatable bonds is 5. The number of hydrogen-bond acceptors (Lipinski definition) is 5. The first-order valence-corrected chi connectivity index (χ1v) is 9.02. The number of pyridine rings is 1. The summed E-state index contributed by atoms with van der Waals surface area (Å²) in [4.78, 5) is 23.6. The molecule has 0 radical (unpaired) electrons.